The molecule has 3 rings (SSSR count). The summed E-state index contributed by atoms with van der Waals surface area (Å²) in [6, 6.07) is 11.3. The summed E-state index contributed by atoms with van der Waals surface area (Å²) in [5.41, 5.74) is 1.34. The number of fused-ring (bicyclic) bond motifs is 1. The van der Waals surface area contributed by atoms with E-state index in [0.717, 1.165) is 16.3 Å². The van der Waals surface area contributed by atoms with Crippen molar-refractivity contribution in [1.82, 2.24) is 9.88 Å². The van der Waals surface area contributed by atoms with Gasteiger partial charge in [-0.15, -0.1) is 0 Å². The fourth-order valence-electron chi connectivity index (χ4n) is 3.21. The van der Waals surface area contributed by atoms with Gasteiger partial charge in [-0.25, -0.2) is 14.2 Å². The molecule has 1 N–H and O–H groups in total. The number of hydrogen-bond acceptors (Lipinski definition) is 3. The maximum absolute atomic E-state index is 13.3. The number of ether oxygens (including phenoxy) is 1. The van der Waals surface area contributed by atoms with Gasteiger partial charge in [0.25, 0.3) is 0 Å². The average molecular weight is 402 g/mol. The number of urea groups is 1. The molecule has 0 radical (unpaired) electrons. The third-order valence-electron chi connectivity index (χ3n) is 4.67. The average Bonchev–Trinajstić information content (AvgIpc) is 2.70. The Labute approximate surface area is 168 Å². The number of halogens is 2. The summed E-state index contributed by atoms with van der Waals surface area (Å²) in [5.74, 6) is 0.0103. The third kappa shape index (κ3) is 3.87. The Bertz CT molecular complexity index is 1010. The Morgan fingerprint density at radius 3 is 2.64 bits per heavy atom. The highest BCUT2D eigenvalue weighted by Crippen LogP contribution is 2.32. The van der Waals surface area contributed by atoms with Gasteiger partial charge in [-0.3, -0.25) is 0 Å². The second-order valence-corrected chi connectivity index (χ2v) is 6.70. The number of benzene rings is 2. The van der Waals surface area contributed by atoms with E-state index in [0.29, 0.717) is 18.1 Å². The molecular weight excluding hydrogens is 381 g/mol. The SMILES string of the molecule is CCN(C(=O)Nc1ccc(F)c(Cl)c1)C(C)c1cnc(OC)c2ccccc12. The fraction of sp³-hybridized carbons (Fsp3) is 0.238. The second kappa shape index (κ2) is 8.44. The van der Waals surface area contributed by atoms with Crippen molar-refractivity contribution in [2.24, 2.45) is 0 Å². The molecule has 1 aromatic heterocycles. The van der Waals surface area contributed by atoms with Gasteiger partial charge in [-0.2, -0.15) is 0 Å². The van der Waals surface area contributed by atoms with Crippen molar-refractivity contribution in [2.45, 2.75) is 19.9 Å². The van der Waals surface area contributed by atoms with Gasteiger partial charge >= 0.3 is 6.03 Å². The second-order valence-electron chi connectivity index (χ2n) is 6.29. The van der Waals surface area contributed by atoms with Crippen LogP contribution in [0.5, 0.6) is 5.88 Å². The molecule has 28 heavy (non-hydrogen) atoms. The van der Waals surface area contributed by atoms with E-state index in [9.17, 15) is 9.18 Å². The summed E-state index contributed by atoms with van der Waals surface area (Å²) in [5, 5.41) is 4.59. The zero-order valence-electron chi connectivity index (χ0n) is 15.9. The lowest BCUT2D eigenvalue weighted by atomic mass is 10.0. The van der Waals surface area contributed by atoms with Crippen molar-refractivity contribution in [1.29, 1.82) is 0 Å². The fourth-order valence-corrected chi connectivity index (χ4v) is 3.40. The van der Waals surface area contributed by atoms with Crippen LogP contribution in [0.1, 0.15) is 25.5 Å². The molecule has 3 aromatic rings. The van der Waals surface area contributed by atoms with Crippen LogP contribution in [0.4, 0.5) is 14.9 Å². The summed E-state index contributed by atoms with van der Waals surface area (Å²) in [6.07, 6.45) is 1.73. The van der Waals surface area contributed by atoms with Crippen molar-refractivity contribution in [3.8, 4) is 5.88 Å². The van der Waals surface area contributed by atoms with Crippen molar-refractivity contribution in [3.05, 3.63) is 65.1 Å². The lowest BCUT2D eigenvalue weighted by Crippen LogP contribution is -2.37. The van der Waals surface area contributed by atoms with E-state index in [2.05, 4.69) is 10.3 Å². The van der Waals surface area contributed by atoms with Crippen molar-refractivity contribution >= 4 is 34.1 Å². The molecule has 0 saturated carbocycles. The van der Waals surface area contributed by atoms with Crippen LogP contribution in [0.2, 0.25) is 5.02 Å². The van der Waals surface area contributed by atoms with Crippen LogP contribution in [0.15, 0.2) is 48.7 Å². The smallest absolute Gasteiger partial charge is 0.322 e. The summed E-state index contributed by atoms with van der Waals surface area (Å²) in [4.78, 5) is 18.9. The molecule has 0 aliphatic carbocycles. The van der Waals surface area contributed by atoms with E-state index in [1.807, 2.05) is 38.1 Å². The molecule has 2 amide bonds. The first kappa shape index (κ1) is 19.9. The first-order valence-corrected chi connectivity index (χ1v) is 9.28. The quantitative estimate of drug-likeness (QED) is 0.601. The molecule has 0 spiro atoms. The largest absolute Gasteiger partial charge is 0.481 e. The Morgan fingerprint density at radius 2 is 2.00 bits per heavy atom. The summed E-state index contributed by atoms with van der Waals surface area (Å²) < 4.78 is 18.7. The van der Waals surface area contributed by atoms with Crippen LogP contribution in [-0.4, -0.2) is 29.6 Å². The molecule has 0 fully saturated rings. The van der Waals surface area contributed by atoms with Crippen LogP contribution in [0.25, 0.3) is 10.8 Å². The molecule has 0 saturated heterocycles. The molecule has 7 heteroatoms. The predicted octanol–water partition coefficient (Wildman–Crippen LogP) is 5.65. The molecule has 0 aliphatic heterocycles. The Kier molecular flexibility index (Phi) is 5.99. The molecule has 5 nitrogen and oxygen atoms in total. The van der Waals surface area contributed by atoms with Crippen molar-refractivity contribution in [2.75, 3.05) is 19.0 Å². The monoisotopic (exact) mass is 401 g/mol. The van der Waals surface area contributed by atoms with Crippen LogP contribution in [0.3, 0.4) is 0 Å². The molecule has 0 aliphatic rings. The van der Waals surface area contributed by atoms with Gasteiger partial charge in [0.1, 0.15) is 5.82 Å². The maximum atomic E-state index is 13.3. The van der Waals surface area contributed by atoms with E-state index in [1.165, 1.54) is 18.2 Å². The van der Waals surface area contributed by atoms with E-state index < -0.39 is 5.82 Å². The number of methoxy groups -OCH3 is 1. The number of hydrogen-bond donors (Lipinski definition) is 1. The van der Waals surface area contributed by atoms with E-state index in [1.54, 1.807) is 18.2 Å². The van der Waals surface area contributed by atoms with Crippen LogP contribution in [0, 0.1) is 5.82 Å². The van der Waals surface area contributed by atoms with Gasteiger partial charge in [0.05, 0.1) is 18.2 Å². The van der Waals surface area contributed by atoms with E-state index in [-0.39, 0.29) is 17.1 Å². The minimum Gasteiger partial charge on any atom is -0.481 e. The molecule has 1 atom stereocenters. The first-order chi connectivity index (χ1) is 13.5. The molecular formula is C21H21ClFN3O2. The van der Waals surface area contributed by atoms with Crippen LogP contribution >= 0.6 is 11.6 Å². The minimum atomic E-state index is -0.531. The number of nitrogens with one attached hydrogen (secondary N) is 1. The molecule has 1 unspecified atom stereocenters. The predicted molar refractivity (Wildman–Crippen MR) is 110 cm³/mol. The van der Waals surface area contributed by atoms with Gasteiger partial charge in [-0.05, 0) is 43.5 Å². The number of pyridine rings is 1. The van der Waals surface area contributed by atoms with E-state index in [4.69, 9.17) is 16.3 Å². The van der Waals surface area contributed by atoms with Gasteiger partial charge < -0.3 is 15.0 Å². The number of carbonyl (C=O) groups is 1. The van der Waals surface area contributed by atoms with Gasteiger partial charge in [0.2, 0.25) is 5.88 Å². The van der Waals surface area contributed by atoms with Gasteiger partial charge in [0, 0.05) is 29.4 Å². The Hall–Kier alpha value is -2.86. The van der Waals surface area contributed by atoms with Crippen LogP contribution < -0.4 is 10.1 Å². The third-order valence-corrected chi connectivity index (χ3v) is 4.96. The first-order valence-electron chi connectivity index (χ1n) is 8.90. The summed E-state index contributed by atoms with van der Waals surface area (Å²) in [7, 11) is 1.58. The number of rotatable bonds is 5. The topological polar surface area (TPSA) is 54.5 Å². The molecule has 146 valence electrons. The normalized spacial score (nSPS) is 11.9. The Morgan fingerprint density at radius 1 is 1.29 bits per heavy atom. The standard InChI is InChI=1S/C21H21ClFN3O2/c1-4-26(21(27)25-14-9-10-19(23)18(22)11-14)13(2)17-12-24-20(28-3)16-8-6-5-7-15(16)17/h5-13H,4H2,1-3H3,(H,25,27). The zero-order valence-corrected chi connectivity index (χ0v) is 16.6. The van der Waals surface area contributed by atoms with Crippen molar-refractivity contribution < 1.29 is 13.9 Å². The highest BCUT2D eigenvalue weighted by Gasteiger charge is 2.23. The summed E-state index contributed by atoms with van der Waals surface area (Å²) >= 11 is 5.80. The number of carbonyl (C=O) groups excluding carboxylic acids is 1. The number of aromatic nitrogens is 1. The highest BCUT2D eigenvalue weighted by atomic mass is 35.5. The van der Waals surface area contributed by atoms with Crippen LogP contribution in [-0.2, 0) is 0 Å². The number of anilines is 1. The molecule has 1 heterocycles. The maximum Gasteiger partial charge on any atom is 0.322 e. The molecule has 0 bridgehead atoms. The lowest BCUT2D eigenvalue weighted by molar-refractivity contribution is 0.197. The zero-order chi connectivity index (χ0) is 20.3. The minimum absolute atomic E-state index is 0.0424. The van der Waals surface area contributed by atoms with Gasteiger partial charge in [0.15, 0.2) is 0 Å². The lowest BCUT2D eigenvalue weighted by Gasteiger charge is -2.29. The number of nitrogens with zero attached hydrogens (tertiary/aromatic N) is 2. The van der Waals surface area contributed by atoms with Gasteiger partial charge in [-0.1, -0.05) is 29.8 Å². The molecule has 2 aromatic carbocycles. The highest BCUT2D eigenvalue weighted by molar-refractivity contribution is 6.31. The van der Waals surface area contributed by atoms with Crippen molar-refractivity contribution in [3.63, 3.8) is 0 Å². The summed E-state index contributed by atoms with van der Waals surface area (Å²) in [6.45, 7) is 4.31. The number of amides is 2. The Balaban J connectivity index is 1.91. The van der Waals surface area contributed by atoms with E-state index >= 15 is 0 Å².